The number of amides is 2. The summed E-state index contributed by atoms with van der Waals surface area (Å²) in [6, 6.07) is 18.5. The van der Waals surface area contributed by atoms with E-state index in [2.05, 4.69) is 15.3 Å². The first kappa shape index (κ1) is 18.5. The van der Waals surface area contributed by atoms with Crippen LogP contribution in [0.2, 0.25) is 0 Å². The van der Waals surface area contributed by atoms with Crippen LogP contribution in [-0.2, 0) is 9.59 Å². The lowest BCUT2D eigenvalue weighted by Gasteiger charge is -2.20. The fraction of sp³-hybridized carbons (Fsp3) is 0.0909. The Hall–Kier alpha value is -3.87. The van der Waals surface area contributed by atoms with E-state index in [4.69, 9.17) is 0 Å². The summed E-state index contributed by atoms with van der Waals surface area (Å²) in [5, 5.41) is 2.61. The number of carbonyl (C=O) groups is 2. The maximum absolute atomic E-state index is 13.4. The molecule has 0 fully saturated rings. The summed E-state index contributed by atoms with van der Waals surface area (Å²) >= 11 is 0. The van der Waals surface area contributed by atoms with Crippen LogP contribution in [0.15, 0.2) is 77.9 Å². The number of hydrogen-bond acceptors (Lipinski definition) is 4. The van der Waals surface area contributed by atoms with Crippen LogP contribution in [0.25, 0.3) is 0 Å². The highest BCUT2D eigenvalue weighted by Crippen LogP contribution is 2.30. The topological polar surface area (TPSA) is 74.7 Å². The van der Waals surface area contributed by atoms with Gasteiger partial charge in [0.15, 0.2) is 5.82 Å². The Morgan fingerprint density at radius 2 is 1.90 bits per heavy atom. The first-order valence-corrected chi connectivity index (χ1v) is 9.04. The molecule has 0 unspecified atom stereocenters. The summed E-state index contributed by atoms with van der Waals surface area (Å²) < 4.78 is 13.4. The number of aromatic nitrogens is 1. The minimum Gasteiger partial charge on any atom is -0.324 e. The van der Waals surface area contributed by atoms with Crippen molar-refractivity contribution in [3.8, 4) is 0 Å². The molecule has 0 atom stereocenters. The second-order valence-electron chi connectivity index (χ2n) is 6.49. The van der Waals surface area contributed by atoms with E-state index in [1.807, 2.05) is 30.3 Å². The number of halogens is 1. The van der Waals surface area contributed by atoms with Gasteiger partial charge in [0.1, 0.15) is 18.0 Å². The Morgan fingerprint density at radius 3 is 2.69 bits per heavy atom. The average molecular weight is 388 g/mol. The van der Waals surface area contributed by atoms with Gasteiger partial charge in [-0.1, -0.05) is 36.4 Å². The van der Waals surface area contributed by atoms with Gasteiger partial charge in [-0.2, -0.15) is 0 Å². The first-order valence-electron chi connectivity index (χ1n) is 9.04. The second-order valence-corrected chi connectivity index (χ2v) is 6.49. The maximum Gasteiger partial charge on any atom is 0.244 e. The van der Waals surface area contributed by atoms with Crippen molar-refractivity contribution < 1.29 is 14.0 Å². The van der Waals surface area contributed by atoms with E-state index in [0.29, 0.717) is 22.9 Å². The number of hydrogen-bond donors (Lipinski definition) is 1. The molecule has 1 N–H and O–H groups in total. The van der Waals surface area contributed by atoms with Crippen LogP contribution in [-0.4, -0.2) is 29.1 Å². The van der Waals surface area contributed by atoms with Crippen LogP contribution in [0, 0.1) is 5.82 Å². The molecule has 2 aromatic carbocycles. The van der Waals surface area contributed by atoms with Crippen molar-refractivity contribution in [2.24, 2.45) is 4.99 Å². The lowest BCUT2D eigenvalue weighted by atomic mass is 10.1. The number of rotatable bonds is 4. The molecule has 0 saturated carbocycles. The molecular weight excluding hydrogens is 371 g/mol. The molecular formula is C22H17FN4O2. The number of carbonyl (C=O) groups excluding carboxylic acids is 2. The van der Waals surface area contributed by atoms with Crippen LogP contribution in [0.5, 0.6) is 0 Å². The van der Waals surface area contributed by atoms with E-state index < -0.39 is 11.7 Å². The lowest BCUT2D eigenvalue weighted by molar-refractivity contribution is -0.120. The molecule has 0 aliphatic carbocycles. The molecule has 1 aliphatic rings. The molecule has 4 rings (SSSR count). The first-order chi connectivity index (χ1) is 14.1. The number of aliphatic imine (C=N–C) groups is 1. The highest BCUT2D eigenvalue weighted by molar-refractivity contribution is 6.18. The van der Waals surface area contributed by atoms with E-state index in [9.17, 15) is 14.0 Å². The predicted molar refractivity (Wildman–Crippen MR) is 109 cm³/mol. The monoisotopic (exact) mass is 388 g/mol. The van der Waals surface area contributed by atoms with E-state index in [1.54, 1.807) is 24.4 Å². The van der Waals surface area contributed by atoms with Gasteiger partial charge in [-0.25, -0.2) is 14.4 Å². The maximum atomic E-state index is 13.4. The summed E-state index contributed by atoms with van der Waals surface area (Å²) in [5.41, 5.74) is 2.27. The lowest BCUT2D eigenvalue weighted by Crippen LogP contribution is -2.39. The summed E-state index contributed by atoms with van der Waals surface area (Å²) in [4.78, 5) is 35.7. The van der Waals surface area contributed by atoms with E-state index in [0.717, 1.165) is 5.56 Å². The highest BCUT2D eigenvalue weighted by atomic mass is 19.1. The molecule has 144 valence electrons. The van der Waals surface area contributed by atoms with Crippen molar-refractivity contribution >= 4 is 34.7 Å². The molecule has 1 aliphatic heterocycles. The molecule has 3 aromatic rings. The quantitative estimate of drug-likeness (QED) is 0.740. The zero-order valence-electron chi connectivity index (χ0n) is 15.4. The van der Waals surface area contributed by atoms with Gasteiger partial charge in [0.2, 0.25) is 11.8 Å². The zero-order chi connectivity index (χ0) is 20.2. The van der Waals surface area contributed by atoms with Gasteiger partial charge >= 0.3 is 0 Å². The molecule has 0 saturated heterocycles. The van der Waals surface area contributed by atoms with Crippen molar-refractivity contribution in [3.05, 3.63) is 84.3 Å². The van der Waals surface area contributed by atoms with E-state index in [-0.39, 0.29) is 18.9 Å². The Bertz CT molecular complexity index is 1100. The van der Waals surface area contributed by atoms with Crippen molar-refractivity contribution in [1.29, 1.82) is 0 Å². The van der Waals surface area contributed by atoms with Crippen LogP contribution in [0.3, 0.4) is 0 Å². The number of nitrogens with one attached hydrogen (secondary N) is 1. The summed E-state index contributed by atoms with van der Waals surface area (Å²) in [7, 11) is 0. The van der Waals surface area contributed by atoms with Gasteiger partial charge in [-0.15, -0.1) is 0 Å². The van der Waals surface area contributed by atoms with Crippen molar-refractivity contribution in [2.75, 3.05) is 16.8 Å². The van der Waals surface area contributed by atoms with Crippen LogP contribution >= 0.6 is 0 Å². The Balaban J connectivity index is 1.61. The third kappa shape index (κ3) is 4.19. The van der Waals surface area contributed by atoms with Crippen molar-refractivity contribution in [2.45, 2.75) is 6.42 Å². The molecule has 2 heterocycles. The van der Waals surface area contributed by atoms with Crippen LogP contribution in [0.1, 0.15) is 12.0 Å². The number of fused-ring (bicyclic) bond motifs is 1. The number of pyridine rings is 1. The smallest absolute Gasteiger partial charge is 0.244 e. The van der Waals surface area contributed by atoms with Crippen molar-refractivity contribution in [1.82, 2.24) is 4.98 Å². The fourth-order valence-corrected chi connectivity index (χ4v) is 3.10. The molecule has 7 heteroatoms. The normalized spacial score (nSPS) is 13.3. The van der Waals surface area contributed by atoms with Gasteiger partial charge in [-0.05, 0) is 35.9 Å². The van der Waals surface area contributed by atoms with Crippen LogP contribution in [0.4, 0.5) is 21.6 Å². The Labute approximate surface area is 166 Å². The third-order valence-corrected chi connectivity index (χ3v) is 4.41. The largest absolute Gasteiger partial charge is 0.324 e. The van der Waals surface area contributed by atoms with Gasteiger partial charge in [-0.3, -0.25) is 14.5 Å². The van der Waals surface area contributed by atoms with E-state index in [1.165, 1.54) is 23.1 Å². The van der Waals surface area contributed by atoms with Crippen LogP contribution < -0.4 is 10.2 Å². The predicted octanol–water partition coefficient (Wildman–Crippen LogP) is 3.72. The summed E-state index contributed by atoms with van der Waals surface area (Å²) in [6.45, 7) is -0.253. The average Bonchev–Trinajstić information content (AvgIpc) is 2.85. The molecule has 0 spiro atoms. The fourth-order valence-electron chi connectivity index (χ4n) is 3.10. The minimum atomic E-state index is -0.457. The summed E-state index contributed by atoms with van der Waals surface area (Å²) in [6.07, 6.45) is 1.58. The molecule has 2 amide bonds. The Kier molecular flexibility index (Phi) is 5.11. The van der Waals surface area contributed by atoms with Gasteiger partial charge in [0.25, 0.3) is 0 Å². The molecule has 0 radical (unpaired) electrons. The molecule has 1 aromatic heterocycles. The molecule has 6 nitrogen and oxygen atoms in total. The number of anilines is 2. The third-order valence-electron chi connectivity index (χ3n) is 4.41. The zero-order valence-corrected chi connectivity index (χ0v) is 15.4. The van der Waals surface area contributed by atoms with E-state index >= 15 is 0 Å². The van der Waals surface area contributed by atoms with Gasteiger partial charge in [0, 0.05) is 11.9 Å². The molecule has 29 heavy (non-hydrogen) atoms. The van der Waals surface area contributed by atoms with Crippen molar-refractivity contribution in [3.63, 3.8) is 0 Å². The highest BCUT2D eigenvalue weighted by Gasteiger charge is 2.27. The number of benzene rings is 2. The van der Waals surface area contributed by atoms with Gasteiger partial charge in [0.05, 0.1) is 12.1 Å². The Morgan fingerprint density at radius 1 is 1.07 bits per heavy atom. The SMILES string of the molecule is O=C(CN1C(=O)CC(c2ccccc2)=Nc2cccnc21)Nc1cccc(F)c1. The number of nitrogens with zero attached hydrogens (tertiary/aromatic N) is 3. The van der Waals surface area contributed by atoms with Gasteiger partial charge < -0.3 is 5.32 Å². The summed E-state index contributed by atoms with van der Waals surface area (Å²) in [5.74, 6) is -0.887. The standard InChI is InChI=1S/C22H17FN4O2/c23-16-8-4-9-17(12-16)25-20(28)14-27-21(29)13-19(15-6-2-1-3-7-15)26-18-10-5-11-24-22(18)27/h1-12H,13-14H2,(H,25,28). The molecule has 0 bridgehead atoms. The second kappa shape index (κ2) is 8.02. The minimum absolute atomic E-state index is 0.0353.